The number of rotatable bonds is 4. The lowest BCUT2D eigenvalue weighted by Crippen LogP contribution is -2.27. The molecule has 2 aliphatic carbocycles. The van der Waals surface area contributed by atoms with Crippen LogP contribution in [0.5, 0.6) is 0 Å². The van der Waals surface area contributed by atoms with Gasteiger partial charge in [0.1, 0.15) is 4.83 Å². The van der Waals surface area contributed by atoms with Crippen molar-refractivity contribution >= 4 is 33.3 Å². The Morgan fingerprint density at radius 2 is 1.96 bits per heavy atom. The predicted molar refractivity (Wildman–Crippen MR) is 108 cm³/mol. The lowest BCUT2D eigenvalue weighted by molar-refractivity contribution is 0.129. The van der Waals surface area contributed by atoms with Gasteiger partial charge in [-0.3, -0.25) is 9.36 Å². The van der Waals surface area contributed by atoms with E-state index in [0.29, 0.717) is 12.1 Å². The maximum absolute atomic E-state index is 13.6. The highest BCUT2D eigenvalue weighted by Crippen LogP contribution is 2.37. The van der Waals surface area contributed by atoms with Crippen molar-refractivity contribution < 1.29 is 4.74 Å². The average Bonchev–Trinajstić information content (AvgIpc) is 3.39. The van der Waals surface area contributed by atoms with Crippen LogP contribution in [0.25, 0.3) is 10.2 Å². The van der Waals surface area contributed by atoms with Crippen molar-refractivity contribution in [1.29, 1.82) is 0 Å². The Morgan fingerprint density at radius 1 is 1.12 bits per heavy atom. The predicted octanol–water partition coefficient (Wildman–Crippen LogP) is 4.72. The third kappa shape index (κ3) is 3.04. The molecule has 1 saturated carbocycles. The molecule has 2 fully saturated rings. The Kier molecular flexibility index (Phi) is 4.84. The third-order valence-electron chi connectivity index (χ3n) is 6.10. The van der Waals surface area contributed by atoms with Gasteiger partial charge >= 0.3 is 0 Å². The van der Waals surface area contributed by atoms with E-state index in [1.807, 2.05) is 0 Å². The van der Waals surface area contributed by atoms with Gasteiger partial charge in [0.25, 0.3) is 5.56 Å². The molecule has 1 aliphatic heterocycles. The topological polar surface area (TPSA) is 44.1 Å². The van der Waals surface area contributed by atoms with Gasteiger partial charge in [-0.1, -0.05) is 24.6 Å². The fraction of sp³-hybridized carbons (Fsp3) is 0.700. The second-order valence-electron chi connectivity index (χ2n) is 7.84. The van der Waals surface area contributed by atoms with Gasteiger partial charge in [0, 0.05) is 23.3 Å². The second kappa shape index (κ2) is 7.28. The standard InChI is InChI=1S/C20H26N2O2S2/c23-19-17-15-9-3-4-10-16(15)26-18(17)21-20(22(19)13-6-1-2-7-13)25-12-14-8-5-11-24-14/h13-14H,1-12H2/t14-/m0/s1. The molecule has 1 saturated heterocycles. The zero-order valence-corrected chi connectivity index (χ0v) is 16.8. The van der Waals surface area contributed by atoms with E-state index in [9.17, 15) is 4.79 Å². The number of aromatic nitrogens is 2. The van der Waals surface area contributed by atoms with Crippen LogP contribution in [0.1, 0.15) is 67.8 Å². The third-order valence-corrected chi connectivity index (χ3v) is 8.37. The van der Waals surface area contributed by atoms with Crippen LogP contribution in [-0.4, -0.2) is 28.0 Å². The van der Waals surface area contributed by atoms with Crippen LogP contribution in [0, 0.1) is 0 Å². The smallest absolute Gasteiger partial charge is 0.263 e. The van der Waals surface area contributed by atoms with Crippen LogP contribution < -0.4 is 5.56 Å². The highest BCUT2D eigenvalue weighted by Gasteiger charge is 2.27. The zero-order valence-electron chi connectivity index (χ0n) is 15.2. The molecule has 2 aromatic rings. The van der Waals surface area contributed by atoms with Crippen molar-refractivity contribution in [2.24, 2.45) is 0 Å². The molecular formula is C20H26N2O2S2. The number of hydrogen-bond donors (Lipinski definition) is 0. The fourth-order valence-electron chi connectivity index (χ4n) is 4.73. The van der Waals surface area contributed by atoms with E-state index in [0.717, 1.165) is 66.3 Å². The largest absolute Gasteiger partial charge is 0.377 e. The van der Waals surface area contributed by atoms with E-state index in [4.69, 9.17) is 9.72 Å². The van der Waals surface area contributed by atoms with E-state index >= 15 is 0 Å². The van der Waals surface area contributed by atoms with Gasteiger partial charge < -0.3 is 4.74 Å². The molecule has 26 heavy (non-hydrogen) atoms. The summed E-state index contributed by atoms with van der Waals surface area (Å²) in [6, 6.07) is 0.338. The van der Waals surface area contributed by atoms with Crippen LogP contribution in [0.3, 0.4) is 0 Å². The van der Waals surface area contributed by atoms with Crippen LogP contribution in [0.4, 0.5) is 0 Å². The van der Waals surface area contributed by atoms with Crippen LogP contribution in [0.2, 0.25) is 0 Å². The molecule has 0 amide bonds. The monoisotopic (exact) mass is 390 g/mol. The van der Waals surface area contributed by atoms with E-state index in [1.54, 1.807) is 23.1 Å². The van der Waals surface area contributed by atoms with Gasteiger partial charge in [-0.2, -0.15) is 0 Å². The molecule has 1 atom stereocenters. The Balaban J connectivity index is 1.59. The van der Waals surface area contributed by atoms with Gasteiger partial charge in [0.2, 0.25) is 0 Å². The highest BCUT2D eigenvalue weighted by atomic mass is 32.2. The van der Waals surface area contributed by atoms with Gasteiger partial charge in [-0.25, -0.2) is 4.98 Å². The van der Waals surface area contributed by atoms with Crippen molar-refractivity contribution in [3.8, 4) is 0 Å². The van der Waals surface area contributed by atoms with Crippen molar-refractivity contribution in [2.45, 2.75) is 81.5 Å². The van der Waals surface area contributed by atoms with Crippen molar-refractivity contribution in [3.05, 3.63) is 20.8 Å². The minimum absolute atomic E-state index is 0.233. The molecule has 140 valence electrons. The lowest BCUT2D eigenvalue weighted by atomic mass is 9.97. The number of thiophene rings is 1. The number of hydrogen-bond acceptors (Lipinski definition) is 5. The first-order valence-electron chi connectivity index (χ1n) is 10.1. The SMILES string of the molecule is O=c1c2c3c(sc2nc(SC[C@@H]2CCCO2)n1C1CCCC1)CCCC3. The molecule has 0 aromatic carbocycles. The van der Waals surface area contributed by atoms with Gasteiger partial charge in [0.05, 0.1) is 11.5 Å². The average molecular weight is 391 g/mol. The van der Waals surface area contributed by atoms with E-state index in [-0.39, 0.29) is 5.56 Å². The molecule has 4 nitrogen and oxygen atoms in total. The Hall–Kier alpha value is -0.850. The van der Waals surface area contributed by atoms with E-state index in [1.165, 1.54) is 36.1 Å². The maximum Gasteiger partial charge on any atom is 0.263 e. The normalized spacial score (nSPS) is 23.8. The summed E-state index contributed by atoms with van der Waals surface area (Å²) in [6.07, 6.45) is 11.9. The van der Waals surface area contributed by atoms with Crippen LogP contribution in [0.15, 0.2) is 9.95 Å². The summed E-state index contributed by atoms with van der Waals surface area (Å²) in [5.74, 6) is 0.912. The molecule has 3 heterocycles. The summed E-state index contributed by atoms with van der Waals surface area (Å²) in [5.41, 5.74) is 1.55. The maximum atomic E-state index is 13.6. The molecular weight excluding hydrogens is 364 g/mol. The van der Waals surface area contributed by atoms with Gasteiger partial charge in [-0.05, 0) is 56.9 Å². The van der Waals surface area contributed by atoms with Crippen LogP contribution in [-0.2, 0) is 17.6 Å². The minimum atomic E-state index is 0.233. The minimum Gasteiger partial charge on any atom is -0.377 e. The molecule has 0 unspecified atom stereocenters. The van der Waals surface area contributed by atoms with Gasteiger partial charge in [0.15, 0.2) is 5.16 Å². The summed E-state index contributed by atoms with van der Waals surface area (Å²) in [7, 11) is 0. The molecule has 0 bridgehead atoms. The van der Waals surface area contributed by atoms with Crippen molar-refractivity contribution in [3.63, 3.8) is 0 Å². The zero-order chi connectivity index (χ0) is 17.5. The van der Waals surface area contributed by atoms with Crippen molar-refractivity contribution in [1.82, 2.24) is 9.55 Å². The molecule has 0 N–H and O–H groups in total. The molecule has 0 spiro atoms. The number of ether oxygens (including phenoxy) is 1. The Bertz CT molecular complexity index is 861. The number of thioether (sulfide) groups is 1. The first-order valence-corrected chi connectivity index (χ1v) is 11.9. The highest BCUT2D eigenvalue weighted by molar-refractivity contribution is 7.99. The van der Waals surface area contributed by atoms with E-state index < -0.39 is 0 Å². The summed E-state index contributed by atoms with van der Waals surface area (Å²) >= 11 is 3.51. The molecule has 6 heteroatoms. The summed E-state index contributed by atoms with van der Waals surface area (Å²) in [4.78, 5) is 21.0. The number of aryl methyl sites for hydroxylation is 2. The molecule has 5 rings (SSSR count). The number of nitrogens with zero attached hydrogens (tertiary/aromatic N) is 2. The quantitative estimate of drug-likeness (QED) is 0.559. The van der Waals surface area contributed by atoms with Crippen molar-refractivity contribution in [2.75, 3.05) is 12.4 Å². The summed E-state index contributed by atoms with van der Waals surface area (Å²) < 4.78 is 7.86. The van der Waals surface area contributed by atoms with Crippen LogP contribution >= 0.6 is 23.1 Å². The van der Waals surface area contributed by atoms with Gasteiger partial charge in [-0.15, -0.1) is 11.3 Å². The molecule has 3 aliphatic rings. The molecule has 2 aromatic heterocycles. The first kappa shape index (κ1) is 17.3. The number of fused-ring (bicyclic) bond motifs is 3. The fourth-order valence-corrected chi connectivity index (χ4v) is 7.16. The van der Waals surface area contributed by atoms with E-state index in [2.05, 4.69) is 4.57 Å². The Morgan fingerprint density at radius 3 is 2.77 bits per heavy atom. The molecule has 0 radical (unpaired) electrons. The summed E-state index contributed by atoms with van der Waals surface area (Å²) in [6.45, 7) is 0.880. The second-order valence-corrected chi connectivity index (χ2v) is 9.92. The Labute approximate surface area is 162 Å². The first-order chi connectivity index (χ1) is 12.8. The lowest BCUT2D eigenvalue weighted by Gasteiger charge is -2.19. The summed E-state index contributed by atoms with van der Waals surface area (Å²) in [5, 5.41) is 1.88.